The summed E-state index contributed by atoms with van der Waals surface area (Å²) < 4.78 is 13.0. The predicted octanol–water partition coefficient (Wildman–Crippen LogP) is 0.634. The summed E-state index contributed by atoms with van der Waals surface area (Å²) in [5.74, 6) is 0.0736. The summed E-state index contributed by atoms with van der Waals surface area (Å²) in [6.07, 6.45) is 2.84. The van der Waals surface area contributed by atoms with Crippen molar-refractivity contribution in [2.24, 2.45) is 11.7 Å². The van der Waals surface area contributed by atoms with Crippen molar-refractivity contribution in [1.29, 1.82) is 0 Å². The van der Waals surface area contributed by atoms with Gasteiger partial charge in [0.25, 0.3) is 0 Å². The number of carbonyl (C=O) groups is 1. The van der Waals surface area contributed by atoms with Crippen LogP contribution in [0.3, 0.4) is 0 Å². The van der Waals surface area contributed by atoms with E-state index in [9.17, 15) is 14.2 Å². The Morgan fingerprint density at radius 3 is 2.83 bits per heavy atom. The number of piperidine rings is 1. The average molecular weight is 321 g/mol. The Morgan fingerprint density at radius 1 is 1.52 bits per heavy atom. The van der Waals surface area contributed by atoms with E-state index in [0.29, 0.717) is 12.5 Å². The smallest absolute Gasteiger partial charge is 0.374 e. The van der Waals surface area contributed by atoms with Crippen LogP contribution in [0.2, 0.25) is 6.82 Å². The second-order valence-electron chi connectivity index (χ2n) is 6.25. The number of nitrogens with one attached hydrogen (secondary N) is 1. The second-order valence-corrected chi connectivity index (χ2v) is 6.25. The first-order valence-corrected chi connectivity index (χ1v) is 8.17. The molecule has 0 radical (unpaired) electrons. The second kappa shape index (κ2) is 8.43. The van der Waals surface area contributed by atoms with E-state index in [1.807, 2.05) is 4.90 Å². The Kier molecular flexibility index (Phi) is 6.56. The number of carbonyl (C=O) groups excluding carboxylic acids is 1. The summed E-state index contributed by atoms with van der Waals surface area (Å²) in [5.41, 5.74) is 6.73. The van der Waals surface area contributed by atoms with Crippen LogP contribution in [0, 0.1) is 11.7 Å². The molecule has 1 aliphatic heterocycles. The fourth-order valence-corrected chi connectivity index (χ4v) is 3.14. The minimum atomic E-state index is -0.771. The Hall–Kier alpha value is -1.44. The van der Waals surface area contributed by atoms with Crippen LogP contribution >= 0.6 is 0 Å². The van der Waals surface area contributed by atoms with Crippen LogP contribution in [-0.2, 0) is 11.2 Å². The Bertz CT molecular complexity index is 513. The van der Waals surface area contributed by atoms with Crippen LogP contribution < -0.4 is 11.0 Å². The summed E-state index contributed by atoms with van der Waals surface area (Å²) in [6, 6.07) is 5.98. The molecule has 7 heteroatoms. The van der Waals surface area contributed by atoms with Crippen molar-refractivity contribution in [3.8, 4) is 0 Å². The van der Waals surface area contributed by atoms with Gasteiger partial charge in [0.2, 0.25) is 5.91 Å². The molecule has 1 aromatic carbocycles. The van der Waals surface area contributed by atoms with Crippen molar-refractivity contribution in [2.75, 3.05) is 19.6 Å². The van der Waals surface area contributed by atoms with Gasteiger partial charge in [-0.15, -0.1) is 0 Å². The maximum absolute atomic E-state index is 13.0. The highest BCUT2D eigenvalue weighted by atomic mass is 19.1. The fraction of sp³-hybridized carbons (Fsp3) is 0.562. The van der Waals surface area contributed by atoms with Crippen molar-refractivity contribution in [3.63, 3.8) is 0 Å². The van der Waals surface area contributed by atoms with Gasteiger partial charge in [0, 0.05) is 19.6 Å². The maximum Gasteiger partial charge on any atom is 0.374 e. The summed E-state index contributed by atoms with van der Waals surface area (Å²) in [6.45, 7) is 3.12. The van der Waals surface area contributed by atoms with Gasteiger partial charge < -0.3 is 20.9 Å². The SMILES string of the molecule is CB(O)N[C@H](CN)C(=O)N1CCC[C@@H](Cc2ccc(F)cc2)C1. The zero-order chi connectivity index (χ0) is 16.8. The molecule has 0 bridgehead atoms. The highest BCUT2D eigenvalue weighted by Gasteiger charge is 2.29. The van der Waals surface area contributed by atoms with Crippen molar-refractivity contribution in [3.05, 3.63) is 35.6 Å². The van der Waals surface area contributed by atoms with Gasteiger partial charge in [-0.05, 0) is 49.7 Å². The lowest BCUT2D eigenvalue weighted by atomic mass is 9.86. The van der Waals surface area contributed by atoms with E-state index in [1.165, 1.54) is 12.1 Å². The molecule has 0 aromatic heterocycles. The van der Waals surface area contributed by atoms with Gasteiger partial charge in [-0.25, -0.2) is 4.39 Å². The molecule has 2 rings (SSSR count). The Morgan fingerprint density at radius 2 is 2.22 bits per heavy atom. The minimum Gasteiger partial charge on any atom is -0.437 e. The summed E-state index contributed by atoms with van der Waals surface area (Å²) in [7, 11) is -0.771. The van der Waals surface area contributed by atoms with E-state index < -0.39 is 13.1 Å². The molecule has 0 saturated carbocycles. The summed E-state index contributed by atoms with van der Waals surface area (Å²) in [4.78, 5) is 14.4. The monoisotopic (exact) mass is 321 g/mol. The zero-order valence-corrected chi connectivity index (χ0v) is 13.5. The number of amides is 1. The third-order valence-corrected chi connectivity index (χ3v) is 4.24. The lowest BCUT2D eigenvalue weighted by molar-refractivity contribution is -0.134. The molecule has 126 valence electrons. The average Bonchev–Trinajstić information content (AvgIpc) is 2.54. The lowest BCUT2D eigenvalue weighted by Crippen LogP contribution is -2.56. The van der Waals surface area contributed by atoms with E-state index in [1.54, 1.807) is 19.0 Å². The summed E-state index contributed by atoms with van der Waals surface area (Å²) in [5, 5.41) is 12.2. The molecule has 0 aliphatic carbocycles. The van der Waals surface area contributed by atoms with Crippen molar-refractivity contribution in [2.45, 2.75) is 32.1 Å². The van der Waals surface area contributed by atoms with Crippen LogP contribution in [0.5, 0.6) is 0 Å². The normalized spacial score (nSPS) is 19.5. The van der Waals surface area contributed by atoms with E-state index in [4.69, 9.17) is 5.73 Å². The number of hydrogen-bond donors (Lipinski definition) is 3. The predicted molar refractivity (Wildman–Crippen MR) is 89.2 cm³/mol. The van der Waals surface area contributed by atoms with Gasteiger partial charge >= 0.3 is 7.05 Å². The third-order valence-electron chi connectivity index (χ3n) is 4.24. The quantitative estimate of drug-likeness (QED) is 0.672. The molecular weight excluding hydrogens is 296 g/mol. The number of rotatable bonds is 6. The Labute approximate surface area is 137 Å². The fourth-order valence-electron chi connectivity index (χ4n) is 3.14. The molecule has 2 atom stereocenters. The molecule has 1 heterocycles. The van der Waals surface area contributed by atoms with Gasteiger partial charge in [-0.3, -0.25) is 4.79 Å². The van der Waals surface area contributed by atoms with Gasteiger partial charge in [0.15, 0.2) is 0 Å². The topological polar surface area (TPSA) is 78.6 Å². The molecular formula is C16H25BFN3O2. The van der Waals surface area contributed by atoms with Crippen LogP contribution in [0.1, 0.15) is 18.4 Å². The molecule has 1 saturated heterocycles. The summed E-state index contributed by atoms with van der Waals surface area (Å²) >= 11 is 0. The number of nitrogens with two attached hydrogens (primary N) is 1. The highest BCUT2D eigenvalue weighted by Crippen LogP contribution is 2.21. The van der Waals surface area contributed by atoms with Crippen molar-refractivity contribution in [1.82, 2.24) is 10.1 Å². The molecule has 0 spiro atoms. The molecule has 1 aliphatic rings. The van der Waals surface area contributed by atoms with Gasteiger partial charge in [-0.2, -0.15) is 0 Å². The van der Waals surface area contributed by atoms with E-state index in [2.05, 4.69) is 5.23 Å². The maximum atomic E-state index is 13.0. The van der Waals surface area contributed by atoms with Crippen LogP contribution in [0.25, 0.3) is 0 Å². The van der Waals surface area contributed by atoms with Gasteiger partial charge in [-0.1, -0.05) is 12.1 Å². The minimum absolute atomic E-state index is 0.0581. The molecule has 23 heavy (non-hydrogen) atoms. The highest BCUT2D eigenvalue weighted by molar-refractivity contribution is 6.46. The van der Waals surface area contributed by atoms with E-state index in [-0.39, 0.29) is 18.3 Å². The van der Waals surface area contributed by atoms with E-state index in [0.717, 1.165) is 31.4 Å². The number of likely N-dealkylation sites (tertiary alicyclic amines) is 1. The zero-order valence-electron chi connectivity index (χ0n) is 13.5. The van der Waals surface area contributed by atoms with Gasteiger partial charge in [0.1, 0.15) is 5.82 Å². The van der Waals surface area contributed by atoms with Crippen molar-refractivity contribution >= 4 is 13.0 Å². The third kappa shape index (κ3) is 5.30. The first-order chi connectivity index (χ1) is 11.0. The van der Waals surface area contributed by atoms with Crippen LogP contribution in [0.4, 0.5) is 4.39 Å². The standard InChI is InChI=1S/C16H25BFN3O2/c1-17(23)20-15(10-19)16(22)21-8-2-3-13(11-21)9-12-4-6-14(18)7-5-12/h4-7,13,15,20,23H,2-3,8-11,19H2,1H3/t13-,15+/m0/s1. The van der Waals surface area contributed by atoms with E-state index >= 15 is 0 Å². The number of hydrogen-bond acceptors (Lipinski definition) is 4. The molecule has 1 fully saturated rings. The van der Waals surface area contributed by atoms with Crippen LogP contribution in [0.15, 0.2) is 24.3 Å². The molecule has 1 aromatic rings. The number of nitrogens with zero attached hydrogens (tertiary/aromatic N) is 1. The van der Waals surface area contributed by atoms with Crippen molar-refractivity contribution < 1.29 is 14.2 Å². The largest absolute Gasteiger partial charge is 0.437 e. The Balaban J connectivity index is 1.94. The van der Waals surface area contributed by atoms with Gasteiger partial charge in [0.05, 0.1) is 6.04 Å². The molecule has 1 amide bonds. The number of benzene rings is 1. The lowest BCUT2D eigenvalue weighted by Gasteiger charge is -2.35. The molecule has 4 N–H and O–H groups in total. The first kappa shape index (κ1) is 17.9. The molecule has 0 unspecified atom stereocenters. The number of halogens is 1. The molecule has 5 nitrogen and oxygen atoms in total. The van der Waals surface area contributed by atoms with Crippen LogP contribution in [-0.4, -0.2) is 48.6 Å². The first-order valence-electron chi connectivity index (χ1n) is 8.17.